The number of carbonyl (C=O) groups excluding carboxylic acids is 1. The molecule has 2 unspecified atom stereocenters. The summed E-state index contributed by atoms with van der Waals surface area (Å²) in [6, 6.07) is 7.66. The lowest BCUT2D eigenvalue weighted by Gasteiger charge is -2.36. The number of hydrogen-bond acceptors (Lipinski definition) is 2. The van der Waals surface area contributed by atoms with Crippen LogP contribution in [0.2, 0.25) is 0 Å². The quantitative estimate of drug-likeness (QED) is 0.858. The number of nitrogens with zero attached hydrogens (tertiary/aromatic N) is 1. The maximum absolute atomic E-state index is 12.7. The van der Waals surface area contributed by atoms with E-state index in [4.69, 9.17) is 0 Å². The molecule has 116 valence electrons. The van der Waals surface area contributed by atoms with Crippen LogP contribution in [0.1, 0.15) is 30.3 Å². The number of H-pyrrole nitrogens is 1. The van der Waals surface area contributed by atoms with E-state index in [9.17, 15) is 14.7 Å². The Bertz CT molecular complexity index is 740. The highest BCUT2D eigenvalue weighted by Gasteiger charge is 2.33. The number of aliphatic carboxylic acids is 1. The van der Waals surface area contributed by atoms with Crippen molar-refractivity contribution in [1.29, 1.82) is 0 Å². The van der Waals surface area contributed by atoms with Crippen molar-refractivity contribution in [2.24, 2.45) is 5.92 Å². The maximum atomic E-state index is 12.7. The van der Waals surface area contributed by atoms with Gasteiger partial charge in [0.25, 0.3) is 5.91 Å². The van der Waals surface area contributed by atoms with Gasteiger partial charge in [-0.1, -0.05) is 22.0 Å². The second kappa shape index (κ2) is 5.76. The summed E-state index contributed by atoms with van der Waals surface area (Å²) < 4.78 is 0.943. The molecule has 0 radical (unpaired) electrons. The number of nitrogens with one attached hydrogen (secondary N) is 1. The van der Waals surface area contributed by atoms with E-state index in [1.807, 2.05) is 31.2 Å². The monoisotopic (exact) mass is 364 g/mol. The summed E-state index contributed by atoms with van der Waals surface area (Å²) in [5.41, 5.74) is 1.39. The number of likely N-dealkylation sites (tertiary alicyclic amines) is 1. The van der Waals surface area contributed by atoms with Gasteiger partial charge < -0.3 is 15.0 Å². The lowest BCUT2D eigenvalue weighted by molar-refractivity contribution is -0.143. The van der Waals surface area contributed by atoms with Gasteiger partial charge in [-0.05, 0) is 38.0 Å². The number of amides is 1. The van der Waals surface area contributed by atoms with Gasteiger partial charge in [0.15, 0.2) is 0 Å². The first kappa shape index (κ1) is 15.1. The van der Waals surface area contributed by atoms with Gasteiger partial charge in [0.05, 0.1) is 5.92 Å². The van der Waals surface area contributed by atoms with Gasteiger partial charge in [0.1, 0.15) is 5.69 Å². The van der Waals surface area contributed by atoms with Crippen molar-refractivity contribution in [2.45, 2.75) is 25.8 Å². The van der Waals surface area contributed by atoms with Crippen molar-refractivity contribution in [3.63, 3.8) is 0 Å². The fraction of sp³-hybridized carbons (Fsp3) is 0.375. The number of aromatic nitrogens is 1. The molecule has 0 bridgehead atoms. The number of carboxylic acid groups (broad SMARTS) is 1. The lowest BCUT2D eigenvalue weighted by atomic mass is 9.93. The Balaban J connectivity index is 1.88. The van der Waals surface area contributed by atoms with Crippen LogP contribution >= 0.6 is 15.9 Å². The molecule has 2 heterocycles. The molecule has 0 spiro atoms. The molecule has 6 heteroatoms. The summed E-state index contributed by atoms with van der Waals surface area (Å²) >= 11 is 3.41. The number of piperidine rings is 1. The molecule has 22 heavy (non-hydrogen) atoms. The minimum atomic E-state index is -0.828. The molecule has 0 aliphatic carbocycles. The number of halogens is 1. The molecule has 0 saturated carbocycles. The predicted molar refractivity (Wildman–Crippen MR) is 86.9 cm³/mol. The SMILES string of the molecule is CC1CCC(C(=O)O)CN1C(=O)c1cc2ccc(Br)cc2[nH]1. The van der Waals surface area contributed by atoms with E-state index in [1.54, 1.807) is 4.90 Å². The second-order valence-corrected chi connectivity index (χ2v) is 6.75. The first-order valence-electron chi connectivity index (χ1n) is 7.28. The Morgan fingerprint density at radius 3 is 2.82 bits per heavy atom. The number of fused-ring (bicyclic) bond motifs is 1. The largest absolute Gasteiger partial charge is 0.481 e. The Morgan fingerprint density at radius 2 is 2.09 bits per heavy atom. The van der Waals surface area contributed by atoms with Crippen LogP contribution in [0.3, 0.4) is 0 Å². The summed E-state index contributed by atoms with van der Waals surface area (Å²) in [6.45, 7) is 2.24. The number of rotatable bonds is 2. The van der Waals surface area contributed by atoms with Gasteiger partial charge in [-0.25, -0.2) is 0 Å². The van der Waals surface area contributed by atoms with E-state index in [2.05, 4.69) is 20.9 Å². The van der Waals surface area contributed by atoms with E-state index in [0.29, 0.717) is 18.5 Å². The third kappa shape index (κ3) is 2.75. The number of aromatic amines is 1. The van der Waals surface area contributed by atoms with Crippen LogP contribution in [0.5, 0.6) is 0 Å². The molecule has 1 aliphatic heterocycles. The van der Waals surface area contributed by atoms with E-state index in [1.165, 1.54) is 0 Å². The molecule has 1 aromatic carbocycles. The van der Waals surface area contributed by atoms with E-state index in [-0.39, 0.29) is 18.5 Å². The van der Waals surface area contributed by atoms with Crippen molar-refractivity contribution in [3.8, 4) is 0 Å². The average molecular weight is 365 g/mol. The molecule has 2 atom stereocenters. The summed E-state index contributed by atoms with van der Waals surface area (Å²) in [7, 11) is 0. The lowest BCUT2D eigenvalue weighted by Crippen LogP contribution is -2.47. The standard InChI is InChI=1S/C16H17BrN2O3/c1-9-2-3-11(16(21)22)8-19(9)15(20)14-6-10-4-5-12(17)7-13(10)18-14/h4-7,9,11,18H,2-3,8H2,1H3,(H,21,22). The number of hydrogen-bond donors (Lipinski definition) is 2. The summed E-state index contributed by atoms with van der Waals surface area (Å²) in [5.74, 6) is -1.44. The van der Waals surface area contributed by atoms with Crippen molar-refractivity contribution in [3.05, 3.63) is 34.4 Å². The van der Waals surface area contributed by atoms with Crippen LogP contribution in [0, 0.1) is 5.92 Å². The summed E-state index contributed by atoms with van der Waals surface area (Å²) in [4.78, 5) is 28.7. The number of benzene rings is 1. The Morgan fingerprint density at radius 1 is 1.32 bits per heavy atom. The zero-order valence-electron chi connectivity index (χ0n) is 12.2. The predicted octanol–water partition coefficient (Wildman–Crippen LogP) is 3.26. The average Bonchev–Trinajstić information content (AvgIpc) is 2.89. The molecule has 2 aromatic rings. The maximum Gasteiger partial charge on any atom is 0.308 e. The van der Waals surface area contributed by atoms with E-state index < -0.39 is 11.9 Å². The third-order valence-corrected chi connectivity index (χ3v) is 4.80. The molecule has 1 aromatic heterocycles. The van der Waals surface area contributed by atoms with Gasteiger partial charge in [0, 0.05) is 28.0 Å². The molecule has 5 nitrogen and oxygen atoms in total. The van der Waals surface area contributed by atoms with Crippen LogP contribution in [0.25, 0.3) is 10.9 Å². The summed E-state index contributed by atoms with van der Waals surface area (Å²) in [5, 5.41) is 10.2. The first-order valence-corrected chi connectivity index (χ1v) is 8.07. The molecule has 1 amide bonds. The smallest absolute Gasteiger partial charge is 0.308 e. The van der Waals surface area contributed by atoms with Crippen LogP contribution in [0.4, 0.5) is 0 Å². The van der Waals surface area contributed by atoms with Crippen LogP contribution < -0.4 is 0 Å². The van der Waals surface area contributed by atoms with Crippen LogP contribution in [0.15, 0.2) is 28.7 Å². The fourth-order valence-electron chi connectivity index (χ4n) is 2.96. The number of carboxylic acids is 1. The molecular weight excluding hydrogens is 348 g/mol. The fourth-order valence-corrected chi connectivity index (χ4v) is 3.32. The van der Waals surface area contributed by atoms with Crippen molar-refractivity contribution in [1.82, 2.24) is 9.88 Å². The van der Waals surface area contributed by atoms with E-state index in [0.717, 1.165) is 15.4 Å². The normalized spacial score (nSPS) is 22.0. The molecule has 2 N–H and O–H groups in total. The second-order valence-electron chi connectivity index (χ2n) is 5.83. The molecule has 1 aliphatic rings. The zero-order chi connectivity index (χ0) is 15.9. The summed E-state index contributed by atoms with van der Waals surface area (Å²) in [6.07, 6.45) is 1.34. The van der Waals surface area contributed by atoms with Gasteiger partial charge in [-0.2, -0.15) is 0 Å². The first-order chi connectivity index (χ1) is 10.5. The highest BCUT2D eigenvalue weighted by atomic mass is 79.9. The Kier molecular flexibility index (Phi) is 3.95. The zero-order valence-corrected chi connectivity index (χ0v) is 13.8. The molecule has 1 saturated heterocycles. The van der Waals surface area contributed by atoms with Gasteiger partial charge in [-0.3, -0.25) is 9.59 Å². The minimum Gasteiger partial charge on any atom is -0.481 e. The van der Waals surface area contributed by atoms with Crippen LogP contribution in [-0.4, -0.2) is 39.5 Å². The van der Waals surface area contributed by atoms with E-state index >= 15 is 0 Å². The highest BCUT2D eigenvalue weighted by molar-refractivity contribution is 9.10. The molecule has 1 fully saturated rings. The van der Waals surface area contributed by atoms with Crippen molar-refractivity contribution in [2.75, 3.05) is 6.54 Å². The third-order valence-electron chi connectivity index (χ3n) is 4.31. The molecule has 3 rings (SSSR count). The Labute approximate surface area is 136 Å². The number of carbonyl (C=O) groups is 2. The van der Waals surface area contributed by atoms with Crippen molar-refractivity contribution < 1.29 is 14.7 Å². The Hall–Kier alpha value is -1.82. The van der Waals surface area contributed by atoms with Gasteiger partial charge >= 0.3 is 5.97 Å². The van der Waals surface area contributed by atoms with Gasteiger partial charge in [-0.15, -0.1) is 0 Å². The molecular formula is C16H17BrN2O3. The topological polar surface area (TPSA) is 73.4 Å². The van der Waals surface area contributed by atoms with Crippen molar-refractivity contribution >= 4 is 38.7 Å². The van der Waals surface area contributed by atoms with Gasteiger partial charge in [0.2, 0.25) is 0 Å². The minimum absolute atomic E-state index is 0.0567. The van der Waals surface area contributed by atoms with Crippen LogP contribution in [-0.2, 0) is 4.79 Å². The highest BCUT2D eigenvalue weighted by Crippen LogP contribution is 2.26.